The molecule has 0 bridgehead atoms. The van der Waals surface area contributed by atoms with Crippen molar-refractivity contribution in [3.63, 3.8) is 0 Å². The van der Waals surface area contributed by atoms with Gasteiger partial charge in [-0.15, -0.1) is 10.2 Å². The van der Waals surface area contributed by atoms with Gasteiger partial charge >= 0.3 is 6.18 Å². The number of benzene rings is 3. The standard InChI is InChI=1S/C24H19F3N4O2/c25-24(26,27)17-8-6-16(7-9-17)22-29-23(31-30-22)18-3-1-2-4-19(18)28-14-15-5-10-20-21(13-15)33-12-11-32-20/h1-10,13,28H,11-12,14H2,(H,29,30,31). The minimum Gasteiger partial charge on any atom is -0.486 e. The van der Waals surface area contributed by atoms with Gasteiger partial charge in [-0.1, -0.05) is 30.3 Å². The number of nitrogens with zero attached hydrogens (tertiary/aromatic N) is 2. The molecule has 0 amide bonds. The zero-order valence-electron chi connectivity index (χ0n) is 17.3. The third-order valence-corrected chi connectivity index (χ3v) is 5.24. The minimum absolute atomic E-state index is 0.389. The average molecular weight is 452 g/mol. The summed E-state index contributed by atoms with van der Waals surface area (Å²) < 4.78 is 49.6. The molecule has 3 aromatic carbocycles. The SMILES string of the molecule is FC(F)(F)c1ccc(-c2nnc(-c3ccccc3NCc3ccc4c(c3)OCCO4)[nH]2)cc1. The first kappa shape index (κ1) is 20.9. The van der Waals surface area contributed by atoms with Crippen molar-refractivity contribution in [2.75, 3.05) is 18.5 Å². The molecule has 5 rings (SSSR count). The Hall–Kier alpha value is -4.01. The summed E-state index contributed by atoms with van der Waals surface area (Å²) in [6.45, 7) is 1.62. The highest BCUT2D eigenvalue weighted by Gasteiger charge is 2.30. The fraction of sp³-hybridized carbons (Fsp3) is 0.167. The predicted octanol–water partition coefficient (Wildman–Crippen LogP) is 5.54. The smallest absolute Gasteiger partial charge is 0.416 e. The fourth-order valence-corrected chi connectivity index (χ4v) is 3.57. The van der Waals surface area contributed by atoms with Crippen LogP contribution in [0, 0.1) is 0 Å². The molecule has 1 aliphatic heterocycles. The highest BCUT2D eigenvalue weighted by Crippen LogP contribution is 2.33. The van der Waals surface area contributed by atoms with E-state index in [1.807, 2.05) is 42.5 Å². The molecule has 0 unspecified atom stereocenters. The Morgan fingerprint density at radius 1 is 0.848 bits per heavy atom. The fourth-order valence-electron chi connectivity index (χ4n) is 3.57. The van der Waals surface area contributed by atoms with E-state index in [9.17, 15) is 13.2 Å². The first-order valence-corrected chi connectivity index (χ1v) is 10.3. The van der Waals surface area contributed by atoms with E-state index in [-0.39, 0.29) is 0 Å². The molecule has 2 N–H and O–H groups in total. The summed E-state index contributed by atoms with van der Waals surface area (Å²) in [5.74, 6) is 2.36. The number of H-pyrrole nitrogens is 1. The van der Waals surface area contributed by atoms with E-state index in [0.717, 1.165) is 40.4 Å². The summed E-state index contributed by atoms with van der Waals surface area (Å²) >= 11 is 0. The molecule has 0 aliphatic carbocycles. The molecule has 0 atom stereocenters. The van der Waals surface area contributed by atoms with Gasteiger partial charge in [0.05, 0.1) is 5.56 Å². The van der Waals surface area contributed by atoms with Gasteiger partial charge < -0.3 is 19.8 Å². The Morgan fingerprint density at radius 2 is 1.58 bits per heavy atom. The molecule has 0 saturated heterocycles. The number of aromatic amines is 1. The van der Waals surface area contributed by atoms with E-state index in [2.05, 4.69) is 20.5 Å². The highest BCUT2D eigenvalue weighted by molar-refractivity contribution is 5.74. The van der Waals surface area contributed by atoms with Crippen LogP contribution in [0.5, 0.6) is 11.5 Å². The lowest BCUT2D eigenvalue weighted by Gasteiger charge is -2.19. The number of hydrogen-bond donors (Lipinski definition) is 2. The van der Waals surface area contributed by atoms with E-state index in [0.29, 0.717) is 37.0 Å². The number of anilines is 1. The van der Waals surface area contributed by atoms with Crippen molar-refractivity contribution in [2.45, 2.75) is 12.7 Å². The van der Waals surface area contributed by atoms with Crippen LogP contribution in [-0.2, 0) is 12.7 Å². The number of fused-ring (bicyclic) bond motifs is 1. The van der Waals surface area contributed by atoms with Gasteiger partial charge in [0.2, 0.25) is 0 Å². The summed E-state index contributed by atoms with van der Waals surface area (Å²) in [6.07, 6.45) is -4.38. The second kappa shape index (κ2) is 8.50. The molecule has 1 aliphatic rings. The minimum atomic E-state index is -4.38. The van der Waals surface area contributed by atoms with Crippen LogP contribution in [0.4, 0.5) is 18.9 Å². The van der Waals surface area contributed by atoms with Gasteiger partial charge in [0.25, 0.3) is 0 Å². The van der Waals surface area contributed by atoms with Crippen molar-refractivity contribution < 1.29 is 22.6 Å². The number of halogens is 3. The number of rotatable bonds is 5. The molecule has 0 fully saturated rings. The number of ether oxygens (including phenoxy) is 2. The highest BCUT2D eigenvalue weighted by atomic mass is 19.4. The van der Waals surface area contributed by atoms with Gasteiger partial charge in [0.1, 0.15) is 13.2 Å². The van der Waals surface area contributed by atoms with Crippen molar-refractivity contribution in [1.29, 1.82) is 0 Å². The second-order valence-corrected chi connectivity index (χ2v) is 7.47. The van der Waals surface area contributed by atoms with Crippen molar-refractivity contribution in [1.82, 2.24) is 15.2 Å². The monoisotopic (exact) mass is 452 g/mol. The number of hydrogen-bond acceptors (Lipinski definition) is 5. The average Bonchev–Trinajstić information content (AvgIpc) is 3.32. The number of para-hydroxylation sites is 1. The van der Waals surface area contributed by atoms with E-state index >= 15 is 0 Å². The maximum Gasteiger partial charge on any atom is 0.416 e. The number of alkyl halides is 3. The van der Waals surface area contributed by atoms with E-state index in [4.69, 9.17) is 9.47 Å². The normalized spacial score (nSPS) is 13.1. The van der Waals surface area contributed by atoms with Crippen LogP contribution in [0.15, 0.2) is 66.7 Å². The zero-order chi connectivity index (χ0) is 22.8. The maximum absolute atomic E-state index is 12.8. The topological polar surface area (TPSA) is 72.1 Å². The van der Waals surface area contributed by atoms with Gasteiger partial charge in [0.15, 0.2) is 23.1 Å². The van der Waals surface area contributed by atoms with Crippen molar-refractivity contribution >= 4 is 5.69 Å². The van der Waals surface area contributed by atoms with Crippen LogP contribution in [0.1, 0.15) is 11.1 Å². The largest absolute Gasteiger partial charge is 0.486 e. The van der Waals surface area contributed by atoms with Crippen LogP contribution in [0.3, 0.4) is 0 Å². The van der Waals surface area contributed by atoms with Gasteiger partial charge in [0, 0.05) is 23.4 Å². The Balaban J connectivity index is 1.35. The van der Waals surface area contributed by atoms with Gasteiger partial charge in [-0.25, -0.2) is 0 Å². The molecule has 4 aromatic rings. The van der Waals surface area contributed by atoms with Gasteiger partial charge in [-0.05, 0) is 42.0 Å². The third kappa shape index (κ3) is 4.48. The van der Waals surface area contributed by atoms with Crippen LogP contribution in [-0.4, -0.2) is 28.4 Å². The molecule has 168 valence electrons. The van der Waals surface area contributed by atoms with Crippen molar-refractivity contribution in [2.24, 2.45) is 0 Å². The number of aromatic nitrogens is 3. The molecule has 9 heteroatoms. The van der Waals surface area contributed by atoms with Crippen molar-refractivity contribution in [3.05, 3.63) is 77.9 Å². The summed E-state index contributed by atoms with van der Waals surface area (Å²) in [4.78, 5) is 3.10. The first-order valence-electron chi connectivity index (χ1n) is 10.3. The van der Waals surface area contributed by atoms with Crippen molar-refractivity contribution in [3.8, 4) is 34.3 Å². The summed E-state index contributed by atoms with van der Waals surface area (Å²) in [6, 6.07) is 18.2. The summed E-state index contributed by atoms with van der Waals surface area (Å²) in [5, 5.41) is 11.7. The quantitative estimate of drug-likeness (QED) is 0.416. The second-order valence-electron chi connectivity index (χ2n) is 7.47. The van der Waals surface area contributed by atoms with E-state index < -0.39 is 11.7 Å². The molecule has 1 aromatic heterocycles. The van der Waals surface area contributed by atoms with Crippen LogP contribution in [0.25, 0.3) is 22.8 Å². The summed E-state index contributed by atoms with van der Waals surface area (Å²) in [7, 11) is 0. The molecule has 2 heterocycles. The molecule has 0 saturated carbocycles. The molecule has 33 heavy (non-hydrogen) atoms. The van der Waals surface area contributed by atoms with Crippen LogP contribution in [0.2, 0.25) is 0 Å². The molecular weight excluding hydrogens is 433 g/mol. The first-order chi connectivity index (χ1) is 16.0. The van der Waals surface area contributed by atoms with Crippen LogP contribution < -0.4 is 14.8 Å². The van der Waals surface area contributed by atoms with Crippen LogP contribution >= 0.6 is 0 Å². The summed E-state index contributed by atoms with van der Waals surface area (Å²) in [5.41, 5.74) is 2.46. The maximum atomic E-state index is 12.8. The van der Waals surface area contributed by atoms with E-state index in [1.54, 1.807) is 0 Å². The third-order valence-electron chi connectivity index (χ3n) is 5.24. The van der Waals surface area contributed by atoms with E-state index in [1.165, 1.54) is 12.1 Å². The zero-order valence-corrected chi connectivity index (χ0v) is 17.3. The molecule has 6 nitrogen and oxygen atoms in total. The lowest BCUT2D eigenvalue weighted by molar-refractivity contribution is -0.137. The molecule has 0 spiro atoms. The Kier molecular flexibility index (Phi) is 5.37. The lowest BCUT2D eigenvalue weighted by Crippen LogP contribution is -2.15. The molecular formula is C24H19F3N4O2. The Morgan fingerprint density at radius 3 is 2.36 bits per heavy atom. The predicted molar refractivity (Wildman–Crippen MR) is 117 cm³/mol. The Labute approximate surface area is 187 Å². The van der Waals surface area contributed by atoms with Gasteiger partial charge in [-0.3, -0.25) is 0 Å². The molecule has 0 radical (unpaired) electrons. The van der Waals surface area contributed by atoms with Gasteiger partial charge in [-0.2, -0.15) is 13.2 Å². The Bertz CT molecular complexity index is 1270. The number of nitrogens with one attached hydrogen (secondary N) is 2. The lowest BCUT2D eigenvalue weighted by atomic mass is 10.1.